The Balaban J connectivity index is 2.05. The molecule has 24 heavy (non-hydrogen) atoms. The zero-order valence-corrected chi connectivity index (χ0v) is 12.8. The second-order valence-electron chi connectivity index (χ2n) is 5.81. The zero-order valence-electron chi connectivity index (χ0n) is 12.8. The van der Waals surface area contributed by atoms with Crippen LogP contribution in [0.1, 0.15) is 12.8 Å². The first-order valence-electron chi connectivity index (χ1n) is 7.79. The van der Waals surface area contributed by atoms with Gasteiger partial charge in [0.2, 0.25) is 0 Å². The second kappa shape index (κ2) is 5.78. The van der Waals surface area contributed by atoms with Crippen LogP contribution in [0.2, 0.25) is 0 Å². The van der Waals surface area contributed by atoms with Gasteiger partial charge in [-0.05, 0) is 31.0 Å². The summed E-state index contributed by atoms with van der Waals surface area (Å²) in [6, 6.07) is 6.20. The summed E-state index contributed by atoms with van der Waals surface area (Å²) >= 11 is 0. The molecular formula is C18H14F3N3. The summed E-state index contributed by atoms with van der Waals surface area (Å²) in [6.45, 7) is 1.54. The number of aromatic nitrogens is 2. The van der Waals surface area contributed by atoms with Gasteiger partial charge in [0.1, 0.15) is 5.82 Å². The highest BCUT2D eigenvalue weighted by Crippen LogP contribution is 2.36. The van der Waals surface area contributed by atoms with Crippen molar-refractivity contribution in [2.24, 2.45) is 0 Å². The number of hydrogen-bond acceptors (Lipinski definition) is 3. The largest absolute Gasteiger partial charge is 0.356 e. The van der Waals surface area contributed by atoms with E-state index in [2.05, 4.69) is 9.97 Å². The first-order chi connectivity index (χ1) is 11.7. The Bertz CT molecular complexity index is 907. The van der Waals surface area contributed by atoms with Crippen molar-refractivity contribution in [3.63, 3.8) is 0 Å². The standard InChI is InChI=1S/C18H14F3N3/c19-13-9-11-15(17(21)16(13)20)12(14-5-1-2-6-22-14)10-23-18(11)24-7-3-4-8-24/h1-2,5-6,9-10H,3-4,7-8H2. The monoisotopic (exact) mass is 329 g/mol. The van der Waals surface area contributed by atoms with E-state index in [0.717, 1.165) is 32.0 Å². The Morgan fingerprint density at radius 3 is 2.46 bits per heavy atom. The van der Waals surface area contributed by atoms with Gasteiger partial charge in [-0.25, -0.2) is 18.2 Å². The molecule has 3 nitrogen and oxygen atoms in total. The number of nitrogens with zero attached hydrogens (tertiary/aromatic N) is 3. The van der Waals surface area contributed by atoms with E-state index in [0.29, 0.717) is 17.1 Å². The number of fused-ring (bicyclic) bond motifs is 1. The molecule has 0 atom stereocenters. The second-order valence-corrected chi connectivity index (χ2v) is 5.81. The highest BCUT2D eigenvalue weighted by molar-refractivity contribution is 6.02. The lowest BCUT2D eigenvalue weighted by Gasteiger charge is -2.20. The average Bonchev–Trinajstić information content (AvgIpc) is 3.14. The molecule has 4 rings (SSSR count). The minimum atomic E-state index is -1.47. The number of benzene rings is 1. The van der Waals surface area contributed by atoms with E-state index in [1.165, 1.54) is 6.20 Å². The Hall–Kier alpha value is -2.63. The maximum absolute atomic E-state index is 14.6. The van der Waals surface area contributed by atoms with Crippen molar-refractivity contribution in [1.82, 2.24) is 9.97 Å². The van der Waals surface area contributed by atoms with Gasteiger partial charge < -0.3 is 4.90 Å². The molecule has 1 aliphatic heterocycles. The van der Waals surface area contributed by atoms with Crippen LogP contribution in [0.25, 0.3) is 22.0 Å². The molecule has 0 N–H and O–H groups in total. The first kappa shape index (κ1) is 14.9. The van der Waals surface area contributed by atoms with E-state index in [9.17, 15) is 13.2 Å². The zero-order chi connectivity index (χ0) is 16.7. The molecule has 122 valence electrons. The minimum absolute atomic E-state index is 0.0181. The maximum Gasteiger partial charge on any atom is 0.195 e. The van der Waals surface area contributed by atoms with Crippen molar-refractivity contribution in [2.75, 3.05) is 18.0 Å². The third-order valence-electron chi connectivity index (χ3n) is 4.33. The van der Waals surface area contributed by atoms with E-state index in [1.807, 2.05) is 4.90 Å². The van der Waals surface area contributed by atoms with Gasteiger partial charge in [0.15, 0.2) is 17.5 Å². The summed E-state index contributed by atoms with van der Waals surface area (Å²) in [5, 5.41) is 0.293. The molecule has 0 saturated carbocycles. The van der Waals surface area contributed by atoms with Crippen molar-refractivity contribution in [3.8, 4) is 11.3 Å². The summed E-state index contributed by atoms with van der Waals surface area (Å²) < 4.78 is 42.3. The molecule has 1 saturated heterocycles. The SMILES string of the molecule is Fc1cc2c(N3CCCC3)ncc(-c3ccccn3)c2c(F)c1F. The van der Waals surface area contributed by atoms with Crippen LogP contribution in [0, 0.1) is 17.5 Å². The number of hydrogen-bond donors (Lipinski definition) is 0. The fraction of sp³-hybridized carbons (Fsp3) is 0.222. The Labute approximate surface area is 136 Å². The van der Waals surface area contributed by atoms with Gasteiger partial charge in [-0.1, -0.05) is 6.07 Å². The number of anilines is 1. The van der Waals surface area contributed by atoms with Crippen molar-refractivity contribution in [2.45, 2.75) is 12.8 Å². The van der Waals surface area contributed by atoms with Crippen molar-refractivity contribution in [1.29, 1.82) is 0 Å². The molecule has 0 radical (unpaired) electrons. The molecule has 2 aromatic heterocycles. The molecule has 0 spiro atoms. The quantitative estimate of drug-likeness (QED) is 0.656. The van der Waals surface area contributed by atoms with E-state index in [-0.39, 0.29) is 10.8 Å². The van der Waals surface area contributed by atoms with Gasteiger partial charge in [-0.3, -0.25) is 4.98 Å². The average molecular weight is 329 g/mol. The van der Waals surface area contributed by atoms with Crippen LogP contribution in [-0.4, -0.2) is 23.1 Å². The molecule has 6 heteroatoms. The van der Waals surface area contributed by atoms with Gasteiger partial charge in [0, 0.05) is 41.8 Å². The van der Waals surface area contributed by atoms with Crippen LogP contribution in [0.4, 0.5) is 19.0 Å². The summed E-state index contributed by atoms with van der Waals surface area (Å²) in [7, 11) is 0. The van der Waals surface area contributed by atoms with Crippen molar-refractivity contribution < 1.29 is 13.2 Å². The topological polar surface area (TPSA) is 29.0 Å². The van der Waals surface area contributed by atoms with Crippen LogP contribution in [0.3, 0.4) is 0 Å². The number of halogens is 3. The molecule has 3 heterocycles. The molecule has 3 aromatic rings. The van der Waals surface area contributed by atoms with Gasteiger partial charge in [-0.2, -0.15) is 0 Å². The lowest BCUT2D eigenvalue weighted by Crippen LogP contribution is -2.19. The fourth-order valence-corrected chi connectivity index (χ4v) is 3.19. The third kappa shape index (κ3) is 2.29. The lowest BCUT2D eigenvalue weighted by atomic mass is 10.0. The van der Waals surface area contributed by atoms with Gasteiger partial charge in [0.25, 0.3) is 0 Å². The molecule has 0 unspecified atom stereocenters. The molecule has 1 fully saturated rings. The van der Waals surface area contributed by atoms with Crippen LogP contribution in [0.5, 0.6) is 0 Å². The molecule has 1 aliphatic rings. The molecule has 0 amide bonds. The Kier molecular flexibility index (Phi) is 3.59. The molecular weight excluding hydrogens is 315 g/mol. The highest BCUT2D eigenvalue weighted by Gasteiger charge is 2.24. The normalized spacial score (nSPS) is 14.5. The van der Waals surface area contributed by atoms with Crippen LogP contribution >= 0.6 is 0 Å². The Morgan fingerprint density at radius 2 is 1.75 bits per heavy atom. The summed E-state index contributed by atoms with van der Waals surface area (Å²) in [5.41, 5.74) is 0.817. The number of rotatable bonds is 2. The molecule has 0 aliphatic carbocycles. The molecule has 0 bridgehead atoms. The molecule has 1 aromatic carbocycles. The predicted molar refractivity (Wildman–Crippen MR) is 86.3 cm³/mol. The van der Waals surface area contributed by atoms with Crippen LogP contribution in [0.15, 0.2) is 36.7 Å². The van der Waals surface area contributed by atoms with Crippen LogP contribution in [-0.2, 0) is 0 Å². The predicted octanol–water partition coefficient (Wildman–Crippen LogP) is 4.31. The van der Waals surface area contributed by atoms with Gasteiger partial charge in [-0.15, -0.1) is 0 Å². The highest BCUT2D eigenvalue weighted by atomic mass is 19.2. The van der Waals surface area contributed by atoms with Gasteiger partial charge in [0.05, 0.1) is 5.69 Å². The first-order valence-corrected chi connectivity index (χ1v) is 7.79. The number of pyridine rings is 2. The Morgan fingerprint density at radius 1 is 0.958 bits per heavy atom. The van der Waals surface area contributed by atoms with E-state index >= 15 is 0 Å². The fourth-order valence-electron chi connectivity index (χ4n) is 3.19. The van der Waals surface area contributed by atoms with Crippen LogP contribution < -0.4 is 4.90 Å². The summed E-state index contributed by atoms with van der Waals surface area (Å²) in [6.07, 6.45) is 5.04. The van der Waals surface area contributed by atoms with Crippen molar-refractivity contribution >= 4 is 16.6 Å². The van der Waals surface area contributed by atoms with E-state index < -0.39 is 17.5 Å². The summed E-state index contributed by atoms with van der Waals surface area (Å²) in [5.74, 6) is -3.40. The van der Waals surface area contributed by atoms with E-state index in [1.54, 1.807) is 24.4 Å². The third-order valence-corrected chi connectivity index (χ3v) is 4.33. The smallest absolute Gasteiger partial charge is 0.195 e. The van der Waals surface area contributed by atoms with Gasteiger partial charge >= 0.3 is 0 Å². The maximum atomic E-state index is 14.6. The summed E-state index contributed by atoms with van der Waals surface area (Å²) in [4.78, 5) is 10.6. The van der Waals surface area contributed by atoms with Crippen molar-refractivity contribution in [3.05, 3.63) is 54.1 Å². The lowest BCUT2D eigenvalue weighted by molar-refractivity contribution is 0.453. The minimum Gasteiger partial charge on any atom is -0.356 e. The van der Waals surface area contributed by atoms with E-state index in [4.69, 9.17) is 0 Å².